The lowest BCUT2D eigenvalue weighted by Crippen LogP contribution is -2.27. The van der Waals surface area contributed by atoms with E-state index in [9.17, 15) is 31.5 Å². The van der Waals surface area contributed by atoms with Crippen molar-refractivity contribution in [1.82, 2.24) is 9.55 Å². The number of para-hydroxylation sites is 4. The van der Waals surface area contributed by atoms with E-state index in [0.29, 0.717) is 45.7 Å². The SMILES string of the molecule is CNc1ccccc1N.Cn1c(-c2ccc(-c3ccc(F)cc3F)o2)nc2ccccc21.Fc1ccc(Br)c(F)c1.O=Cc1ccc(-c2ccc(Br)cc2F)o1.O=Cc1ccc(B(O)O)o1. The van der Waals surface area contributed by atoms with Gasteiger partial charge < -0.3 is 38.9 Å². The number of carbonyl (C=O) groups is 2. The van der Waals surface area contributed by atoms with Gasteiger partial charge in [0.25, 0.3) is 0 Å². The number of hydrogen-bond donors (Lipinski definition) is 4. The summed E-state index contributed by atoms with van der Waals surface area (Å²) in [5.74, 6) is -0.657. The first-order valence-electron chi connectivity index (χ1n) is 19.1. The lowest BCUT2D eigenvalue weighted by Gasteiger charge is -2.01. The molecule has 0 unspecified atom stereocenters. The van der Waals surface area contributed by atoms with E-state index in [2.05, 4.69) is 46.6 Å². The molecule has 0 aliphatic rings. The Morgan fingerprint density at radius 2 is 1.21 bits per heavy atom. The molecule has 19 heteroatoms. The van der Waals surface area contributed by atoms with Crippen LogP contribution in [0.5, 0.6) is 0 Å². The minimum Gasteiger partial charge on any atom is -0.462 e. The number of furan rings is 3. The Bertz CT molecular complexity index is 3050. The van der Waals surface area contributed by atoms with E-state index in [1.807, 2.05) is 67.2 Å². The van der Waals surface area contributed by atoms with Crippen molar-refractivity contribution in [2.24, 2.45) is 7.05 Å². The molecule has 0 fully saturated rings. The zero-order valence-corrected chi connectivity index (χ0v) is 37.7. The minimum absolute atomic E-state index is 0.0258. The van der Waals surface area contributed by atoms with Gasteiger partial charge in [0, 0.05) is 30.7 Å². The van der Waals surface area contributed by atoms with Crippen molar-refractivity contribution >= 4 is 79.6 Å². The minimum atomic E-state index is -1.64. The second-order valence-electron chi connectivity index (χ2n) is 13.3. The second kappa shape index (κ2) is 23.8. The van der Waals surface area contributed by atoms with Crippen LogP contribution in [0.4, 0.5) is 33.3 Å². The second-order valence-corrected chi connectivity index (χ2v) is 15.1. The normalized spacial score (nSPS) is 10.2. The first kappa shape index (κ1) is 50.0. The maximum Gasteiger partial charge on any atom is 0.526 e. The summed E-state index contributed by atoms with van der Waals surface area (Å²) < 4.78 is 83.1. The molecule has 0 atom stereocenters. The van der Waals surface area contributed by atoms with Gasteiger partial charge in [-0.1, -0.05) is 40.2 Å². The predicted octanol–water partition coefficient (Wildman–Crippen LogP) is 11.2. The molecule has 0 saturated heterocycles. The third-order valence-corrected chi connectivity index (χ3v) is 10.0. The number of nitrogens with two attached hydrogens (primary N) is 1. The number of nitrogen functional groups attached to an aromatic ring is 1. The standard InChI is InChI=1S/C18H12F2N2O.C11H6BrFO2.C7H10N2.C6H3BrF2.C5H5BO4/c1-22-15-5-3-2-4-14(15)21-18(22)17-9-8-16(23-17)12-7-6-11(19)10-13(12)20;12-7-1-3-9(10(13)5-7)11-4-2-8(6-14)15-11;1-9-7-5-3-2-4-6(7)8;7-5-2-1-4(8)3-6(5)9;7-3-4-1-2-5(10-4)6(8)9/h2-10H,1H3;1-6H;2-5,9H,8H2,1H3;1-3H;1-3,8-9H. The van der Waals surface area contributed by atoms with Crippen LogP contribution in [-0.4, -0.2) is 46.3 Å². The van der Waals surface area contributed by atoms with Crippen LogP contribution in [0.3, 0.4) is 0 Å². The Hall–Kier alpha value is -7.06. The number of aldehydes is 2. The molecule has 9 aromatic rings. The molecule has 4 heterocycles. The van der Waals surface area contributed by atoms with E-state index in [1.54, 1.807) is 30.3 Å². The number of anilines is 2. The van der Waals surface area contributed by atoms with Crippen molar-refractivity contribution in [3.63, 3.8) is 0 Å². The van der Waals surface area contributed by atoms with Gasteiger partial charge in [-0.15, -0.1) is 0 Å². The predicted molar refractivity (Wildman–Crippen MR) is 249 cm³/mol. The van der Waals surface area contributed by atoms with Gasteiger partial charge in [0.2, 0.25) is 0 Å². The van der Waals surface area contributed by atoms with Gasteiger partial charge in [-0.3, -0.25) is 9.59 Å². The number of hydrogen-bond acceptors (Lipinski definition) is 10. The number of aryl methyl sites for hydroxylation is 1. The largest absolute Gasteiger partial charge is 0.526 e. The number of imidazole rings is 1. The maximum atomic E-state index is 13.9. The summed E-state index contributed by atoms with van der Waals surface area (Å²) in [6, 6.07) is 36.0. The van der Waals surface area contributed by atoms with Crippen LogP contribution in [0.1, 0.15) is 21.1 Å². The number of nitrogens with one attached hydrogen (secondary N) is 1. The van der Waals surface area contributed by atoms with Gasteiger partial charge >= 0.3 is 7.12 Å². The molecule has 5 aromatic carbocycles. The highest BCUT2D eigenvalue weighted by Gasteiger charge is 2.17. The van der Waals surface area contributed by atoms with Crippen LogP contribution in [0, 0.1) is 29.1 Å². The summed E-state index contributed by atoms with van der Waals surface area (Å²) in [6.45, 7) is 0. The summed E-state index contributed by atoms with van der Waals surface area (Å²) in [6.07, 6.45) is 1.08. The molecule has 0 spiro atoms. The van der Waals surface area contributed by atoms with Crippen molar-refractivity contribution in [2.75, 3.05) is 18.1 Å². The fourth-order valence-electron chi connectivity index (χ4n) is 5.67. The van der Waals surface area contributed by atoms with Crippen LogP contribution >= 0.6 is 31.9 Å². The molecule has 0 amide bonds. The van der Waals surface area contributed by atoms with Crippen molar-refractivity contribution < 1.29 is 54.8 Å². The average molecular weight is 1030 g/mol. The van der Waals surface area contributed by atoms with Crippen molar-refractivity contribution in [2.45, 2.75) is 0 Å². The van der Waals surface area contributed by atoms with Crippen molar-refractivity contribution in [1.29, 1.82) is 0 Å². The first-order chi connectivity index (χ1) is 31.6. The van der Waals surface area contributed by atoms with Gasteiger partial charge in [-0.05, 0) is 119 Å². The van der Waals surface area contributed by atoms with E-state index >= 15 is 0 Å². The molecular formula is C47H36BBr2F5N4O7. The van der Waals surface area contributed by atoms with Crippen molar-refractivity contribution in [3.8, 4) is 34.2 Å². The number of halogens is 7. The summed E-state index contributed by atoms with van der Waals surface area (Å²) in [5, 5.41) is 19.9. The summed E-state index contributed by atoms with van der Waals surface area (Å²) in [5.41, 5.74) is 9.71. The van der Waals surface area contributed by atoms with Gasteiger partial charge in [0.05, 0.1) is 38.0 Å². The maximum absolute atomic E-state index is 13.9. The molecule has 4 aromatic heterocycles. The van der Waals surface area contributed by atoms with Gasteiger partial charge in [0.15, 0.2) is 35.7 Å². The highest BCUT2D eigenvalue weighted by atomic mass is 79.9. The Morgan fingerprint density at radius 1 is 0.652 bits per heavy atom. The Kier molecular flexibility index (Phi) is 18.0. The van der Waals surface area contributed by atoms with Gasteiger partial charge in [-0.25, -0.2) is 26.9 Å². The van der Waals surface area contributed by atoms with Crippen LogP contribution in [0.2, 0.25) is 0 Å². The fraction of sp³-hybridized carbons (Fsp3) is 0.0426. The molecule has 0 aliphatic heterocycles. The number of rotatable bonds is 7. The Labute approximate surface area is 390 Å². The third kappa shape index (κ3) is 13.5. The fourth-order valence-corrected chi connectivity index (χ4v) is 6.25. The number of benzene rings is 5. The third-order valence-electron chi connectivity index (χ3n) is 8.88. The quantitative estimate of drug-likeness (QED) is 0.0396. The van der Waals surface area contributed by atoms with E-state index in [1.165, 1.54) is 48.5 Å². The highest BCUT2D eigenvalue weighted by Crippen LogP contribution is 2.31. The van der Waals surface area contributed by atoms with Crippen LogP contribution < -0.4 is 16.7 Å². The zero-order valence-electron chi connectivity index (χ0n) is 34.6. The lowest BCUT2D eigenvalue weighted by atomic mass is 9.88. The molecule has 5 N–H and O–H groups in total. The number of carbonyl (C=O) groups excluding carboxylic acids is 2. The molecular weight excluding hydrogens is 998 g/mol. The zero-order chi connectivity index (χ0) is 47.9. The molecule has 0 radical (unpaired) electrons. The van der Waals surface area contributed by atoms with E-state index in [4.69, 9.17) is 24.6 Å². The van der Waals surface area contributed by atoms with E-state index < -0.39 is 36.2 Å². The topological polar surface area (TPSA) is 170 Å². The molecule has 0 saturated carbocycles. The summed E-state index contributed by atoms with van der Waals surface area (Å²) in [4.78, 5) is 24.9. The molecule has 11 nitrogen and oxygen atoms in total. The van der Waals surface area contributed by atoms with Crippen LogP contribution in [0.25, 0.3) is 45.3 Å². The average Bonchev–Trinajstić information content (AvgIpc) is 4.14. The van der Waals surface area contributed by atoms with Crippen LogP contribution in [0.15, 0.2) is 162 Å². The number of nitrogens with zero attached hydrogens (tertiary/aromatic N) is 2. The smallest absolute Gasteiger partial charge is 0.462 e. The van der Waals surface area contributed by atoms with Crippen molar-refractivity contribution in [3.05, 3.63) is 189 Å². The van der Waals surface area contributed by atoms with E-state index in [-0.39, 0.29) is 27.2 Å². The Balaban J connectivity index is 0.000000165. The van der Waals surface area contributed by atoms with Gasteiger partial charge in [0.1, 0.15) is 46.3 Å². The molecule has 66 heavy (non-hydrogen) atoms. The summed E-state index contributed by atoms with van der Waals surface area (Å²) in [7, 11) is 2.10. The van der Waals surface area contributed by atoms with Gasteiger partial charge in [-0.2, -0.15) is 0 Å². The van der Waals surface area contributed by atoms with Crippen LogP contribution in [-0.2, 0) is 7.05 Å². The summed E-state index contributed by atoms with van der Waals surface area (Å²) >= 11 is 6.05. The molecule has 338 valence electrons. The van der Waals surface area contributed by atoms with E-state index in [0.717, 1.165) is 34.5 Å². The first-order valence-corrected chi connectivity index (χ1v) is 20.7. The number of aromatic nitrogens is 2. The molecule has 9 rings (SSSR count). The Morgan fingerprint density at radius 3 is 1.76 bits per heavy atom. The monoisotopic (exact) mass is 1030 g/mol. The highest BCUT2D eigenvalue weighted by molar-refractivity contribution is 9.10. The lowest BCUT2D eigenvalue weighted by molar-refractivity contribution is 0.109. The molecule has 0 aliphatic carbocycles. The molecule has 0 bridgehead atoms. The number of fused-ring (bicyclic) bond motifs is 1.